The predicted molar refractivity (Wildman–Crippen MR) is 109 cm³/mol. The van der Waals surface area contributed by atoms with Crippen LogP contribution in [0, 0.1) is 5.82 Å². The quantitative estimate of drug-likeness (QED) is 0.507. The fraction of sp³-hybridized carbons (Fsp3) is 0.200. The van der Waals surface area contributed by atoms with Gasteiger partial charge in [0.2, 0.25) is 0 Å². The highest BCUT2D eigenvalue weighted by atomic mass is 79.9. The first-order valence-electron chi connectivity index (χ1n) is 9.04. The van der Waals surface area contributed by atoms with E-state index in [4.69, 9.17) is 0 Å². The molecule has 32 heavy (non-hydrogen) atoms. The second-order valence-corrected chi connectivity index (χ2v) is 7.61. The van der Waals surface area contributed by atoms with Gasteiger partial charge in [0, 0.05) is 21.8 Å². The molecule has 2 N–H and O–H groups in total. The lowest BCUT2D eigenvalue weighted by molar-refractivity contribution is -0.140. The van der Waals surface area contributed by atoms with Crippen LogP contribution in [0.15, 0.2) is 52.0 Å². The second-order valence-electron chi connectivity index (χ2n) is 6.69. The van der Waals surface area contributed by atoms with Gasteiger partial charge in [0.25, 0.3) is 11.5 Å². The van der Waals surface area contributed by atoms with E-state index in [1.165, 1.54) is 25.4 Å². The molecule has 2 aromatic heterocycles. The van der Waals surface area contributed by atoms with E-state index in [-0.39, 0.29) is 22.5 Å². The Balaban J connectivity index is 1.97. The number of hydrogen-bond acceptors (Lipinski definition) is 5. The zero-order chi connectivity index (χ0) is 23.6. The number of aliphatic hydroxyl groups excluding tert-OH is 1. The lowest BCUT2D eigenvalue weighted by atomic mass is 10.0. The van der Waals surface area contributed by atoms with Crippen molar-refractivity contribution < 1.29 is 27.5 Å². The molecule has 3 rings (SSSR count). The monoisotopic (exact) mass is 514 g/mol. The van der Waals surface area contributed by atoms with Gasteiger partial charge in [0.1, 0.15) is 11.5 Å². The fourth-order valence-electron chi connectivity index (χ4n) is 2.91. The van der Waals surface area contributed by atoms with Crippen LogP contribution >= 0.6 is 15.9 Å². The Morgan fingerprint density at radius 1 is 1.28 bits per heavy atom. The van der Waals surface area contributed by atoms with Gasteiger partial charge >= 0.3 is 6.18 Å². The third kappa shape index (κ3) is 4.86. The molecule has 1 atom stereocenters. The van der Waals surface area contributed by atoms with Crippen LogP contribution in [0.4, 0.5) is 17.6 Å². The Kier molecular flexibility index (Phi) is 6.74. The maximum atomic E-state index is 14.4. The molecule has 0 saturated heterocycles. The van der Waals surface area contributed by atoms with E-state index < -0.39 is 41.7 Å². The zero-order valence-electron chi connectivity index (χ0n) is 16.3. The SMILES string of the molecule is CC(NC(=O)c1cc(CO)c(=O)n(-c2cncc(Br)c2)n1)c1cccc(C(F)(F)F)c1F. The van der Waals surface area contributed by atoms with Gasteiger partial charge in [-0.25, -0.2) is 4.39 Å². The van der Waals surface area contributed by atoms with Gasteiger partial charge in [-0.05, 0) is 41.1 Å². The number of hydrogen-bond donors (Lipinski definition) is 2. The second kappa shape index (κ2) is 9.17. The van der Waals surface area contributed by atoms with E-state index in [1.807, 2.05) is 0 Å². The van der Waals surface area contributed by atoms with Crippen LogP contribution in [-0.4, -0.2) is 25.8 Å². The smallest absolute Gasteiger partial charge is 0.391 e. The van der Waals surface area contributed by atoms with Gasteiger partial charge in [0.15, 0.2) is 0 Å². The first-order chi connectivity index (χ1) is 15.0. The number of carbonyl (C=O) groups is 1. The number of alkyl halides is 3. The molecule has 0 aliphatic carbocycles. The number of nitrogens with zero attached hydrogens (tertiary/aromatic N) is 3. The van der Waals surface area contributed by atoms with Crippen LogP contribution in [0.1, 0.15) is 40.1 Å². The number of aliphatic hydroxyl groups is 1. The highest BCUT2D eigenvalue weighted by molar-refractivity contribution is 9.10. The van der Waals surface area contributed by atoms with Crippen LogP contribution in [0.3, 0.4) is 0 Å². The van der Waals surface area contributed by atoms with E-state index in [0.29, 0.717) is 10.5 Å². The van der Waals surface area contributed by atoms with Crippen molar-refractivity contribution in [1.29, 1.82) is 0 Å². The van der Waals surface area contributed by atoms with Crippen molar-refractivity contribution in [3.05, 3.63) is 85.8 Å². The normalized spacial score (nSPS) is 12.5. The summed E-state index contributed by atoms with van der Waals surface area (Å²) in [7, 11) is 0. The summed E-state index contributed by atoms with van der Waals surface area (Å²) in [5.74, 6) is -2.39. The summed E-state index contributed by atoms with van der Waals surface area (Å²) in [5.41, 5.74) is -2.78. The van der Waals surface area contributed by atoms with Gasteiger partial charge in [-0.3, -0.25) is 14.6 Å². The van der Waals surface area contributed by atoms with Crippen molar-refractivity contribution in [3.63, 3.8) is 0 Å². The third-order valence-electron chi connectivity index (χ3n) is 4.47. The standard InChI is InChI=1S/C20H15BrF4N4O3/c1-10(14-3-2-4-15(17(14)22)20(23,24)25)27-18(31)16-5-11(9-30)19(32)29(28-16)13-6-12(21)7-26-8-13/h2-8,10,30H,9H2,1H3,(H,27,31). The summed E-state index contributed by atoms with van der Waals surface area (Å²) in [6.45, 7) is 0.610. The van der Waals surface area contributed by atoms with Crippen LogP contribution in [0.25, 0.3) is 5.69 Å². The molecule has 168 valence electrons. The van der Waals surface area contributed by atoms with E-state index in [2.05, 4.69) is 31.3 Å². The van der Waals surface area contributed by atoms with Crippen molar-refractivity contribution >= 4 is 21.8 Å². The molecule has 1 unspecified atom stereocenters. The van der Waals surface area contributed by atoms with E-state index in [1.54, 1.807) is 0 Å². The number of nitrogens with one attached hydrogen (secondary N) is 1. The average Bonchev–Trinajstić information content (AvgIpc) is 2.73. The Hall–Kier alpha value is -3.12. The maximum absolute atomic E-state index is 14.4. The topological polar surface area (TPSA) is 97.1 Å². The summed E-state index contributed by atoms with van der Waals surface area (Å²) in [5, 5.41) is 15.8. The molecular weight excluding hydrogens is 500 g/mol. The highest BCUT2D eigenvalue weighted by Crippen LogP contribution is 2.33. The van der Waals surface area contributed by atoms with E-state index in [0.717, 1.165) is 22.9 Å². The number of rotatable bonds is 5. The van der Waals surface area contributed by atoms with Gasteiger partial charge < -0.3 is 10.4 Å². The van der Waals surface area contributed by atoms with Gasteiger partial charge in [0.05, 0.1) is 30.1 Å². The molecular formula is C20H15BrF4N4O3. The molecule has 1 aromatic carbocycles. The Bertz CT molecular complexity index is 1230. The van der Waals surface area contributed by atoms with Crippen molar-refractivity contribution in [2.24, 2.45) is 0 Å². The summed E-state index contributed by atoms with van der Waals surface area (Å²) >= 11 is 3.20. The molecule has 0 spiro atoms. The predicted octanol–water partition coefficient (Wildman–Crippen LogP) is 3.53. The fourth-order valence-corrected chi connectivity index (χ4v) is 3.26. The van der Waals surface area contributed by atoms with Gasteiger partial charge in [-0.15, -0.1) is 0 Å². The van der Waals surface area contributed by atoms with Crippen LogP contribution in [-0.2, 0) is 12.8 Å². The van der Waals surface area contributed by atoms with E-state index in [9.17, 15) is 32.3 Å². The van der Waals surface area contributed by atoms with Crippen molar-refractivity contribution in [2.45, 2.75) is 25.7 Å². The number of carbonyl (C=O) groups excluding carboxylic acids is 1. The van der Waals surface area contributed by atoms with Gasteiger partial charge in [-0.2, -0.15) is 23.0 Å². The van der Waals surface area contributed by atoms with Crippen LogP contribution in [0.2, 0.25) is 0 Å². The molecule has 12 heteroatoms. The Morgan fingerprint density at radius 3 is 2.62 bits per heavy atom. The summed E-state index contributed by atoms with van der Waals surface area (Å²) < 4.78 is 54.7. The van der Waals surface area contributed by atoms with Gasteiger partial charge in [-0.1, -0.05) is 12.1 Å². The first-order valence-corrected chi connectivity index (χ1v) is 9.83. The molecule has 0 bridgehead atoms. The molecule has 1 amide bonds. The molecule has 0 aliphatic rings. The number of pyridine rings is 1. The minimum absolute atomic E-state index is 0.150. The summed E-state index contributed by atoms with van der Waals surface area (Å²) in [6.07, 6.45) is -2.12. The van der Waals surface area contributed by atoms with Crippen LogP contribution < -0.4 is 10.9 Å². The van der Waals surface area contributed by atoms with Crippen molar-refractivity contribution in [2.75, 3.05) is 0 Å². The summed E-state index contributed by atoms with van der Waals surface area (Å²) in [6, 6.07) is 4.16. The average molecular weight is 515 g/mol. The Labute approximate surface area is 186 Å². The van der Waals surface area contributed by atoms with Crippen molar-refractivity contribution in [1.82, 2.24) is 20.1 Å². The largest absolute Gasteiger partial charge is 0.419 e. The molecule has 0 fully saturated rings. The number of benzene rings is 1. The zero-order valence-corrected chi connectivity index (χ0v) is 17.9. The lowest BCUT2D eigenvalue weighted by Crippen LogP contribution is -2.33. The minimum atomic E-state index is -4.89. The molecule has 0 radical (unpaired) electrons. The van der Waals surface area contributed by atoms with E-state index >= 15 is 0 Å². The number of amides is 1. The molecule has 0 saturated carbocycles. The highest BCUT2D eigenvalue weighted by Gasteiger charge is 2.35. The number of aromatic nitrogens is 3. The Morgan fingerprint density at radius 2 is 2.00 bits per heavy atom. The first kappa shape index (κ1) is 23.5. The molecule has 3 aromatic rings. The minimum Gasteiger partial charge on any atom is -0.391 e. The third-order valence-corrected chi connectivity index (χ3v) is 4.91. The number of halogens is 5. The lowest BCUT2D eigenvalue weighted by Gasteiger charge is -2.18. The van der Waals surface area contributed by atoms with Crippen molar-refractivity contribution in [3.8, 4) is 5.69 Å². The maximum Gasteiger partial charge on any atom is 0.419 e. The van der Waals surface area contributed by atoms with Crippen LogP contribution in [0.5, 0.6) is 0 Å². The molecule has 7 nitrogen and oxygen atoms in total. The summed E-state index contributed by atoms with van der Waals surface area (Å²) in [4.78, 5) is 29.1. The molecule has 2 heterocycles. The molecule has 0 aliphatic heterocycles.